The monoisotopic (exact) mass is 187 g/mol. The maximum atomic E-state index is 4.55. The van der Waals surface area contributed by atoms with Crippen molar-refractivity contribution < 1.29 is 0 Å². The normalized spacial score (nSPS) is 27.1. The van der Waals surface area contributed by atoms with Crippen LogP contribution in [0.3, 0.4) is 0 Å². The quantitative estimate of drug-likeness (QED) is 0.640. The molecule has 1 heteroatoms. The number of aliphatic imine (C=N–C) groups is 1. The lowest BCUT2D eigenvalue weighted by molar-refractivity contribution is 0.486. The van der Waals surface area contributed by atoms with Gasteiger partial charge in [-0.2, -0.15) is 0 Å². The summed E-state index contributed by atoms with van der Waals surface area (Å²) in [6.45, 7) is 5.50. The summed E-state index contributed by atoms with van der Waals surface area (Å²) >= 11 is 0. The Morgan fingerprint density at radius 3 is 2.57 bits per heavy atom. The van der Waals surface area contributed by atoms with Crippen molar-refractivity contribution in [1.29, 1.82) is 0 Å². The molecule has 0 bridgehead atoms. The van der Waals surface area contributed by atoms with Gasteiger partial charge < -0.3 is 0 Å². The highest BCUT2D eigenvalue weighted by Crippen LogP contribution is 2.31. The van der Waals surface area contributed by atoms with Crippen LogP contribution < -0.4 is 0 Å². The number of nitrogens with zero attached hydrogens (tertiary/aromatic N) is 1. The van der Waals surface area contributed by atoms with E-state index in [1.807, 2.05) is 0 Å². The van der Waals surface area contributed by atoms with Gasteiger partial charge in [0.05, 0.1) is 0 Å². The van der Waals surface area contributed by atoms with Crippen molar-refractivity contribution in [3.8, 4) is 0 Å². The lowest BCUT2D eigenvalue weighted by atomic mass is 9.80. The molecule has 0 saturated carbocycles. The van der Waals surface area contributed by atoms with Crippen molar-refractivity contribution in [3.05, 3.63) is 35.9 Å². The smallest absolute Gasteiger partial charge is 0.0391 e. The molecule has 74 valence electrons. The zero-order chi connectivity index (χ0) is 9.97. The average Bonchev–Trinajstić information content (AvgIpc) is 2.19. The van der Waals surface area contributed by atoms with E-state index in [1.54, 1.807) is 0 Å². The zero-order valence-electron chi connectivity index (χ0n) is 8.90. The summed E-state index contributed by atoms with van der Waals surface area (Å²) in [4.78, 5) is 4.55. The van der Waals surface area contributed by atoms with Crippen LogP contribution in [0, 0.1) is 5.92 Å². The molecule has 0 unspecified atom stereocenters. The number of rotatable bonds is 1. The molecule has 1 heterocycles. The highest BCUT2D eigenvalue weighted by molar-refractivity contribution is 5.89. The number of hydrogen-bond acceptors (Lipinski definition) is 1. The van der Waals surface area contributed by atoms with Crippen LogP contribution in [-0.4, -0.2) is 12.3 Å². The standard InChI is InChI=1S/C13H17N/c1-10-8-9-14-11(2)13(10)12-6-4-3-5-7-12/h3-7,10,13H,8-9H2,1-2H3/t10-,13-/m0/s1. The Bertz CT molecular complexity index is 326. The molecule has 2 rings (SSSR count). The molecule has 0 spiro atoms. The van der Waals surface area contributed by atoms with Crippen LogP contribution in [0.25, 0.3) is 0 Å². The van der Waals surface area contributed by atoms with Gasteiger partial charge in [-0.15, -0.1) is 0 Å². The molecule has 0 aromatic heterocycles. The molecule has 0 aliphatic carbocycles. The first-order valence-electron chi connectivity index (χ1n) is 5.35. The topological polar surface area (TPSA) is 12.4 Å². The third-order valence-electron chi connectivity index (χ3n) is 3.12. The predicted molar refractivity (Wildman–Crippen MR) is 60.9 cm³/mol. The average molecular weight is 187 g/mol. The fourth-order valence-corrected chi connectivity index (χ4v) is 2.35. The SMILES string of the molecule is CC1=NCC[C@H](C)[C@@H]1c1ccccc1. The van der Waals surface area contributed by atoms with E-state index in [-0.39, 0.29) is 0 Å². The van der Waals surface area contributed by atoms with Crippen LogP contribution in [0.15, 0.2) is 35.3 Å². The molecule has 2 atom stereocenters. The Hall–Kier alpha value is -1.11. The van der Waals surface area contributed by atoms with Gasteiger partial charge >= 0.3 is 0 Å². The Morgan fingerprint density at radius 2 is 1.93 bits per heavy atom. The summed E-state index contributed by atoms with van der Waals surface area (Å²) < 4.78 is 0. The fourth-order valence-electron chi connectivity index (χ4n) is 2.35. The van der Waals surface area contributed by atoms with Crippen LogP contribution in [0.5, 0.6) is 0 Å². The molecule has 0 amide bonds. The van der Waals surface area contributed by atoms with Gasteiger partial charge in [-0.05, 0) is 24.8 Å². The Balaban J connectivity index is 2.32. The van der Waals surface area contributed by atoms with Crippen molar-refractivity contribution in [2.24, 2.45) is 10.9 Å². The molecule has 0 N–H and O–H groups in total. The molecule has 1 aromatic rings. The van der Waals surface area contributed by atoms with E-state index in [2.05, 4.69) is 49.2 Å². The van der Waals surface area contributed by atoms with Crippen LogP contribution in [0.2, 0.25) is 0 Å². The number of hydrogen-bond donors (Lipinski definition) is 0. The highest BCUT2D eigenvalue weighted by atomic mass is 14.8. The molecule has 1 aromatic carbocycles. The van der Waals surface area contributed by atoms with Crippen molar-refractivity contribution in [2.75, 3.05) is 6.54 Å². The Labute approximate surface area is 85.9 Å². The largest absolute Gasteiger partial charge is 0.294 e. The molecule has 0 saturated heterocycles. The van der Waals surface area contributed by atoms with Crippen molar-refractivity contribution >= 4 is 5.71 Å². The summed E-state index contributed by atoms with van der Waals surface area (Å²) in [7, 11) is 0. The summed E-state index contributed by atoms with van der Waals surface area (Å²) in [5.41, 5.74) is 2.72. The second-order valence-electron chi connectivity index (χ2n) is 4.18. The first kappa shape index (κ1) is 9.45. The molecular formula is C13H17N. The molecule has 1 aliphatic heterocycles. The van der Waals surface area contributed by atoms with Crippen LogP contribution in [0.4, 0.5) is 0 Å². The summed E-state index contributed by atoms with van der Waals surface area (Å²) in [5, 5.41) is 0. The van der Waals surface area contributed by atoms with Crippen LogP contribution in [0.1, 0.15) is 31.7 Å². The van der Waals surface area contributed by atoms with E-state index in [0.29, 0.717) is 5.92 Å². The van der Waals surface area contributed by atoms with Gasteiger partial charge in [0.15, 0.2) is 0 Å². The Morgan fingerprint density at radius 1 is 1.21 bits per heavy atom. The van der Waals surface area contributed by atoms with Crippen LogP contribution in [-0.2, 0) is 0 Å². The van der Waals surface area contributed by atoms with Gasteiger partial charge in [-0.1, -0.05) is 37.3 Å². The lowest BCUT2D eigenvalue weighted by Crippen LogP contribution is -2.23. The predicted octanol–water partition coefficient (Wildman–Crippen LogP) is 3.27. The minimum atomic E-state index is 0.546. The molecule has 0 fully saturated rings. The maximum Gasteiger partial charge on any atom is 0.0391 e. The third kappa shape index (κ3) is 1.72. The molecule has 1 nitrogen and oxygen atoms in total. The van der Waals surface area contributed by atoms with Crippen LogP contribution >= 0.6 is 0 Å². The third-order valence-corrected chi connectivity index (χ3v) is 3.12. The van der Waals surface area contributed by atoms with Gasteiger partial charge in [0.25, 0.3) is 0 Å². The summed E-state index contributed by atoms with van der Waals surface area (Å²) in [5.74, 6) is 1.28. The maximum absolute atomic E-state index is 4.55. The van der Waals surface area contributed by atoms with E-state index in [1.165, 1.54) is 17.7 Å². The second-order valence-corrected chi connectivity index (χ2v) is 4.18. The minimum absolute atomic E-state index is 0.546. The second kappa shape index (κ2) is 3.95. The van der Waals surface area contributed by atoms with Gasteiger partial charge in [-0.25, -0.2) is 0 Å². The number of benzene rings is 1. The molecular weight excluding hydrogens is 170 g/mol. The first-order chi connectivity index (χ1) is 6.79. The van der Waals surface area contributed by atoms with E-state index < -0.39 is 0 Å². The highest BCUT2D eigenvalue weighted by Gasteiger charge is 2.24. The molecule has 14 heavy (non-hydrogen) atoms. The van der Waals surface area contributed by atoms with Crippen molar-refractivity contribution in [1.82, 2.24) is 0 Å². The molecule has 1 aliphatic rings. The van der Waals surface area contributed by atoms with Crippen molar-refractivity contribution in [2.45, 2.75) is 26.2 Å². The zero-order valence-corrected chi connectivity index (χ0v) is 8.90. The van der Waals surface area contributed by atoms with E-state index >= 15 is 0 Å². The first-order valence-corrected chi connectivity index (χ1v) is 5.35. The lowest BCUT2D eigenvalue weighted by Gasteiger charge is -2.28. The summed E-state index contributed by atoms with van der Waals surface area (Å²) in [6.07, 6.45) is 1.22. The van der Waals surface area contributed by atoms with E-state index in [9.17, 15) is 0 Å². The van der Waals surface area contributed by atoms with E-state index in [0.717, 1.165) is 12.5 Å². The van der Waals surface area contributed by atoms with Crippen molar-refractivity contribution in [3.63, 3.8) is 0 Å². The van der Waals surface area contributed by atoms with Gasteiger partial charge in [0.2, 0.25) is 0 Å². The molecule has 0 radical (unpaired) electrons. The van der Waals surface area contributed by atoms with Gasteiger partial charge in [0, 0.05) is 18.2 Å². The van der Waals surface area contributed by atoms with E-state index in [4.69, 9.17) is 0 Å². The summed E-state index contributed by atoms with van der Waals surface area (Å²) in [6, 6.07) is 10.7. The minimum Gasteiger partial charge on any atom is -0.294 e. The van der Waals surface area contributed by atoms with Gasteiger partial charge in [0.1, 0.15) is 0 Å². The Kier molecular flexibility index (Phi) is 2.67. The fraction of sp³-hybridized carbons (Fsp3) is 0.462. The van der Waals surface area contributed by atoms with Gasteiger partial charge in [-0.3, -0.25) is 4.99 Å².